The highest BCUT2D eigenvalue weighted by Crippen LogP contribution is 2.28. The molecule has 5 heteroatoms. The van der Waals surface area contributed by atoms with E-state index in [2.05, 4.69) is 29.6 Å². The molecule has 0 heterocycles. The summed E-state index contributed by atoms with van der Waals surface area (Å²) < 4.78 is 5.42. The van der Waals surface area contributed by atoms with Gasteiger partial charge in [-0.1, -0.05) is 36.4 Å². The van der Waals surface area contributed by atoms with Gasteiger partial charge >= 0.3 is 0 Å². The van der Waals surface area contributed by atoms with Crippen LogP contribution >= 0.6 is 12.4 Å². The number of hydrogen-bond donors (Lipinski definition) is 2. The molecule has 0 saturated heterocycles. The Kier molecular flexibility index (Phi) is 6.39. The van der Waals surface area contributed by atoms with Crippen molar-refractivity contribution in [3.8, 4) is 0 Å². The summed E-state index contributed by atoms with van der Waals surface area (Å²) in [6, 6.07) is 14.1. The van der Waals surface area contributed by atoms with Crippen LogP contribution in [-0.4, -0.2) is 25.7 Å². The van der Waals surface area contributed by atoms with Crippen molar-refractivity contribution in [3.63, 3.8) is 0 Å². The molecule has 2 aromatic carbocycles. The third kappa shape index (κ3) is 4.93. The highest BCUT2D eigenvalue weighted by atomic mass is 35.5. The maximum atomic E-state index is 12.0. The summed E-state index contributed by atoms with van der Waals surface area (Å²) in [5.41, 5.74) is 6.85. The van der Waals surface area contributed by atoms with E-state index in [-0.39, 0.29) is 31.0 Å². The van der Waals surface area contributed by atoms with Gasteiger partial charge in [0.2, 0.25) is 5.91 Å². The summed E-state index contributed by atoms with van der Waals surface area (Å²) in [5.74, 6) is 0.558. The van der Waals surface area contributed by atoms with E-state index < -0.39 is 0 Å². The predicted molar refractivity (Wildman–Crippen MR) is 94.7 cm³/mol. The van der Waals surface area contributed by atoms with Crippen LogP contribution in [0.4, 0.5) is 0 Å². The predicted octanol–water partition coefficient (Wildman–Crippen LogP) is 2.80. The number of benzene rings is 2. The van der Waals surface area contributed by atoms with Gasteiger partial charge in [-0.3, -0.25) is 4.79 Å². The zero-order valence-electron chi connectivity index (χ0n) is 13.0. The number of nitrogens with one attached hydrogen (secondary N) is 1. The van der Waals surface area contributed by atoms with Crippen molar-refractivity contribution in [2.45, 2.75) is 18.9 Å². The maximum Gasteiger partial charge on any atom is 0.246 e. The third-order valence-corrected chi connectivity index (χ3v) is 4.03. The molecule has 1 aliphatic carbocycles. The molecule has 0 radical (unpaired) electrons. The molecule has 3 N–H and O–H groups in total. The molecular weight excluding hydrogens is 312 g/mol. The largest absolute Gasteiger partial charge is 0.371 e. The Bertz CT molecular complexity index is 658. The van der Waals surface area contributed by atoms with Crippen LogP contribution in [0.5, 0.6) is 0 Å². The van der Waals surface area contributed by atoms with Crippen molar-refractivity contribution in [2.75, 3.05) is 19.8 Å². The fourth-order valence-electron chi connectivity index (χ4n) is 2.54. The smallest absolute Gasteiger partial charge is 0.246 e. The summed E-state index contributed by atoms with van der Waals surface area (Å²) >= 11 is 0. The average molecular weight is 335 g/mol. The lowest BCUT2D eigenvalue weighted by molar-refractivity contribution is -0.126. The molecular formula is C18H23ClN2O2. The molecule has 23 heavy (non-hydrogen) atoms. The van der Waals surface area contributed by atoms with E-state index >= 15 is 0 Å². The van der Waals surface area contributed by atoms with E-state index in [1.807, 2.05) is 18.2 Å². The standard InChI is InChI=1S/C18H22N2O2.ClH/c19-10-17(20-18(21)12-22-11-13-5-6-13)16-8-7-14-3-1-2-4-15(14)9-16;/h1-4,7-9,13,17H,5-6,10-12,19H2,(H,20,21);1H. The fourth-order valence-corrected chi connectivity index (χ4v) is 2.54. The molecule has 124 valence electrons. The van der Waals surface area contributed by atoms with Crippen molar-refractivity contribution < 1.29 is 9.53 Å². The number of hydrogen-bond acceptors (Lipinski definition) is 3. The Morgan fingerprint density at radius 3 is 2.65 bits per heavy atom. The third-order valence-electron chi connectivity index (χ3n) is 4.03. The van der Waals surface area contributed by atoms with Crippen molar-refractivity contribution in [1.29, 1.82) is 0 Å². The second-order valence-corrected chi connectivity index (χ2v) is 5.92. The number of carbonyl (C=O) groups excluding carboxylic acids is 1. The topological polar surface area (TPSA) is 64.3 Å². The van der Waals surface area contributed by atoms with E-state index in [0.29, 0.717) is 19.1 Å². The Morgan fingerprint density at radius 2 is 1.96 bits per heavy atom. The molecule has 0 aromatic heterocycles. The Balaban J connectivity index is 0.00000192. The number of carbonyl (C=O) groups is 1. The Labute approximate surface area is 142 Å². The Hall–Kier alpha value is -1.62. The number of halogens is 1. The molecule has 0 bridgehead atoms. The van der Waals surface area contributed by atoms with Gasteiger partial charge in [0, 0.05) is 6.54 Å². The first-order valence-corrected chi connectivity index (χ1v) is 7.82. The van der Waals surface area contributed by atoms with Crippen molar-refractivity contribution in [2.24, 2.45) is 11.7 Å². The minimum atomic E-state index is -0.179. The van der Waals surface area contributed by atoms with Crippen LogP contribution in [0.2, 0.25) is 0 Å². The van der Waals surface area contributed by atoms with Crippen LogP contribution in [0.3, 0.4) is 0 Å². The molecule has 4 nitrogen and oxygen atoms in total. The summed E-state index contributed by atoms with van der Waals surface area (Å²) in [5, 5.41) is 5.29. The average Bonchev–Trinajstić information content (AvgIpc) is 3.36. The normalized spacial score (nSPS) is 15.0. The molecule has 0 spiro atoms. The zero-order valence-corrected chi connectivity index (χ0v) is 13.9. The van der Waals surface area contributed by atoms with Crippen LogP contribution < -0.4 is 11.1 Å². The highest BCUT2D eigenvalue weighted by molar-refractivity contribution is 5.85. The lowest BCUT2D eigenvalue weighted by Gasteiger charge is -2.18. The molecule has 1 aliphatic rings. The minimum absolute atomic E-state index is 0. The fraction of sp³-hybridized carbons (Fsp3) is 0.389. The number of ether oxygens (including phenoxy) is 1. The molecule has 1 atom stereocenters. The molecule has 2 aromatic rings. The van der Waals surface area contributed by atoms with Gasteiger partial charge in [-0.15, -0.1) is 12.4 Å². The number of fused-ring (bicyclic) bond motifs is 1. The van der Waals surface area contributed by atoms with Gasteiger partial charge in [-0.25, -0.2) is 0 Å². The molecule has 1 amide bonds. The van der Waals surface area contributed by atoms with Crippen molar-refractivity contribution >= 4 is 29.1 Å². The first-order valence-electron chi connectivity index (χ1n) is 7.82. The van der Waals surface area contributed by atoms with Gasteiger partial charge in [0.05, 0.1) is 12.6 Å². The monoisotopic (exact) mass is 334 g/mol. The van der Waals surface area contributed by atoms with Crippen LogP contribution in [0.15, 0.2) is 42.5 Å². The van der Waals surface area contributed by atoms with Crippen LogP contribution in [0.1, 0.15) is 24.4 Å². The first-order chi connectivity index (χ1) is 10.8. The van der Waals surface area contributed by atoms with E-state index in [0.717, 1.165) is 10.9 Å². The molecule has 1 saturated carbocycles. The first kappa shape index (κ1) is 17.7. The van der Waals surface area contributed by atoms with Gasteiger partial charge in [0.25, 0.3) is 0 Å². The quantitative estimate of drug-likeness (QED) is 0.818. The van der Waals surface area contributed by atoms with Crippen LogP contribution in [0, 0.1) is 5.92 Å². The summed E-state index contributed by atoms with van der Waals surface area (Å²) in [4.78, 5) is 12.0. The van der Waals surface area contributed by atoms with E-state index in [1.54, 1.807) is 0 Å². The van der Waals surface area contributed by atoms with Gasteiger partial charge in [0.15, 0.2) is 0 Å². The number of rotatable bonds is 7. The lowest BCUT2D eigenvalue weighted by Crippen LogP contribution is -2.35. The lowest BCUT2D eigenvalue weighted by atomic mass is 10.0. The summed E-state index contributed by atoms with van der Waals surface area (Å²) in [7, 11) is 0. The van der Waals surface area contributed by atoms with Crippen molar-refractivity contribution in [1.82, 2.24) is 5.32 Å². The SMILES string of the molecule is Cl.NCC(NC(=O)COCC1CC1)c1ccc2ccccc2c1. The second-order valence-electron chi connectivity index (χ2n) is 5.92. The van der Waals surface area contributed by atoms with Crippen LogP contribution in [-0.2, 0) is 9.53 Å². The Morgan fingerprint density at radius 1 is 1.22 bits per heavy atom. The summed E-state index contributed by atoms with van der Waals surface area (Å²) in [6.07, 6.45) is 2.45. The van der Waals surface area contributed by atoms with Crippen LogP contribution in [0.25, 0.3) is 10.8 Å². The van der Waals surface area contributed by atoms with E-state index in [4.69, 9.17) is 10.5 Å². The molecule has 0 aliphatic heterocycles. The van der Waals surface area contributed by atoms with E-state index in [9.17, 15) is 4.79 Å². The van der Waals surface area contributed by atoms with Gasteiger partial charge in [-0.05, 0) is 41.2 Å². The maximum absolute atomic E-state index is 12.0. The second kappa shape index (κ2) is 8.29. The zero-order chi connectivity index (χ0) is 15.4. The van der Waals surface area contributed by atoms with Gasteiger partial charge in [-0.2, -0.15) is 0 Å². The number of nitrogens with two attached hydrogens (primary N) is 1. The highest BCUT2D eigenvalue weighted by Gasteiger charge is 2.22. The molecule has 1 fully saturated rings. The summed E-state index contributed by atoms with van der Waals surface area (Å²) in [6.45, 7) is 1.17. The van der Waals surface area contributed by atoms with Gasteiger partial charge in [0.1, 0.15) is 6.61 Å². The van der Waals surface area contributed by atoms with E-state index in [1.165, 1.54) is 18.2 Å². The molecule has 3 rings (SSSR count). The van der Waals surface area contributed by atoms with Crippen molar-refractivity contribution in [3.05, 3.63) is 48.0 Å². The molecule has 1 unspecified atom stereocenters. The van der Waals surface area contributed by atoms with Gasteiger partial charge < -0.3 is 15.8 Å². The number of amides is 1. The minimum Gasteiger partial charge on any atom is -0.371 e.